The zero-order valence-electron chi connectivity index (χ0n) is 11.0. The van der Waals surface area contributed by atoms with Crippen LogP contribution >= 0.6 is 23.2 Å². The van der Waals surface area contributed by atoms with Crippen molar-refractivity contribution in [2.24, 2.45) is 0 Å². The maximum Gasteiger partial charge on any atom is 0.412 e. The smallest absolute Gasteiger partial charge is 0.412 e. The Morgan fingerprint density at radius 1 is 1.23 bits per heavy atom. The van der Waals surface area contributed by atoms with Crippen molar-refractivity contribution < 1.29 is 19.4 Å². The van der Waals surface area contributed by atoms with E-state index in [0.717, 1.165) is 11.8 Å². The number of carboxylic acid groups (broad SMARTS) is 1. The highest BCUT2D eigenvalue weighted by Gasteiger charge is 2.20. The van der Waals surface area contributed by atoms with Gasteiger partial charge in [-0.1, -0.05) is 53.5 Å². The highest BCUT2D eigenvalue weighted by molar-refractivity contribution is 6.43. The van der Waals surface area contributed by atoms with Crippen LogP contribution in [0.1, 0.15) is 15.9 Å². The molecule has 1 aromatic heterocycles. The first-order valence-electron chi connectivity index (χ1n) is 6.04. The summed E-state index contributed by atoms with van der Waals surface area (Å²) in [6, 6.07) is 9.03. The summed E-state index contributed by atoms with van der Waals surface area (Å²) in [6.45, 7) is 0.0455. The van der Waals surface area contributed by atoms with Crippen LogP contribution in [0.4, 0.5) is 10.5 Å². The number of aromatic nitrogens is 1. The Balaban J connectivity index is 2.09. The van der Waals surface area contributed by atoms with Gasteiger partial charge in [-0.05, 0) is 5.56 Å². The summed E-state index contributed by atoms with van der Waals surface area (Å²) in [5.74, 6) is -1.34. The number of pyridine rings is 1. The summed E-state index contributed by atoms with van der Waals surface area (Å²) >= 11 is 11.4. The van der Waals surface area contributed by atoms with Crippen LogP contribution in [0.2, 0.25) is 10.2 Å². The minimum absolute atomic E-state index is 0.0455. The monoisotopic (exact) mass is 340 g/mol. The van der Waals surface area contributed by atoms with Crippen LogP contribution in [-0.4, -0.2) is 22.2 Å². The predicted octanol–water partition coefficient (Wildman–Crippen LogP) is 3.84. The van der Waals surface area contributed by atoms with E-state index < -0.39 is 12.1 Å². The Hall–Kier alpha value is -2.31. The van der Waals surface area contributed by atoms with Gasteiger partial charge in [0.2, 0.25) is 0 Å². The largest absolute Gasteiger partial charge is 0.478 e. The molecule has 0 fully saturated rings. The third-order valence-electron chi connectivity index (χ3n) is 2.64. The molecule has 22 heavy (non-hydrogen) atoms. The molecule has 0 saturated carbocycles. The lowest BCUT2D eigenvalue weighted by Crippen LogP contribution is -2.16. The number of halogens is 2. The molecule has 1 aromatic carbocycles. The van der Waals surface area contributed by atoms with Gasteiger partial charge in [-0.15, -0.1) is 0 Å². The van der Waals surface area contributed by atoms with Crippen molar-refractivity contribution in [2.45, 2.75) is 6.61 Å². The van der Waals surface area contributed by atoms with Gasteiger partial charge in [0.1, 0.15) is 17.3 Å². The van der Waals surface area contributed by atoms with Gasteiger partial charge in [0, 0.05) is 0 Å². The molecule has 2 rings (SSSR count). The number of aromatic carboxylic acids is 1. The Labute approximate surface area is 135 Å². The number of benzene rings is 1. The molecule has 0 saturated heterocycles. The molecule has 0 spiro atoms. The molecule has 8 heteroatoms. The Morgan fingerprint density at radius 2 is 1.91 bits per heavy atom. The van der Waals surface area contributed by atoms with Crippen LogP contribution in [0.5, 0.6) is 0 Å². The molecule has 0 aliphatic heterocycles. The van der Waals surface area contributed by atoms with Crippen molar-refractivity contribution in [1.82, 2.24) is 4.98 Å². The van der Waals surface area contributed by atoms with Crippen molar-refractivity contribution in [3.05, 3.63) is 57.8 Å². The molecule has 2 aromatic rings. The van der Waals surface area contributed by atoms with Crippen molar-refractivity contribution in [3.63, 3.8) is 0 Å². The lowest BCUT2D eigenvalue weighted by Gasteiger charge is -2.10. The van der Waals surface area contributed by atoms with Crippen LogP contribution < -0.4 is 5.32 Å². The molecular weight excluding hydrogens is 331 g/mol. The zero-order valence-corrected chi connectivity index (χ0v) is 12.6. The Bertz CT molecular complexity index is 707. The maximum atomic E-state index is 11.7. The minimum atomic E-state index is -1.34. The van der Waals surface area contributed by atoms with Crippen molar-refractivity contribution >= 4 is 41.0 Å². The lowest BCUT2D eigenvalue weighted by molar-refractivity contribution is 0.0698. The third kappa shape index (κ3) is 3.87. The Morgan fingerprint density at radius 3 is 2.55 bits per heavy atom. The average molecular weight is 341 g/mol. The lowest BCUT2D eigenvalue weighted by atomic mass is 10.2. The summed E-state index contributed by atoms with van der Waals surface area (Å²) in [5.41, 5.74) is 0.349. The zero-order chi connectivity index (χ0) is 16.1. The number of anilines is 1. The number of carbonyl (C=O) groups excluding carboxylic acids is 1. The van der Waals surface area contributed by atoms with E-state index in [1.807, 2.05) is 18.2 Å². The van der Waals surface area contributed by atoms with Gasteiger partial charge >= 0.3 is 12.1 Å². The highest BCUT2D eigenvalue weighted by Crippen LogP contribution is 2.29. The maximum absolute atomic E-state index is 11.7. The number of amides is 1. The van der Waals surface area contributed by atoms with Crippen molar-refractivity contribution in [2.75, 3.05) is 5.32 Å². The standard InChI is InChI=1S/C14H10Cl2N2O4/c15-11-10(13(19)20)9(6-17-12(11)16)18-14(21)22-7-8-4-2-1-3-5-8/h1-6H,7H2,(H,18,21)(H,19,20). The normalized spacial score (nSPS) is 10.1. The van der Waals surface area contributed by atoms with Crippen molar-refractivity contribution in [3.8, 4) is 0 Å². The molecule has 0 aliphatic rings. The van der Waals surface area contributed by atoms with E-state index in [9.17, 15) is 9.59 Å². The molecule has 0 bridgehead atoms. The summed E-state index contributed by atoms with van der Waals surface area (Å²) < 4.78 is 4.99. The second-order valence-corrected chi connectivity index (χ2v) is 4.88. The number of hydrogen-bond acceptors (Lipinski definition) is 4. The number of carbonyl (C=O) groups is 2. The van der Waals surface area contributed by atoms with Gasteiger partial charge in [-0.25, -0.2) is 14.6 Å². The number of ether oxygens (including phenoxy) is 1. The summed E-state index contributed by atoms with van der Waals surface area (Å²) in [5, 5.41) is 11.0. The molecule has 0 aliphatic carbocycles. The second kappa shape index (κ2) is 7.11. The van der Waals surface area contributed by atoms with E-state index in [2.05, 4.69) is 10.3 Å². The van der Waals surface area contributed by atoms with Gasteiger partial charge < -0.3 is 9.84 Å². The van der Waals surface area contributed by atoms with Gasteiger partial charge in [0.25, 0.3) is 0 Å². The summed E-state index contributed by atoms with van der Waals surface area (Å²) in [4.78, 5) is 26.6. The van der Waals surface area contributed by atoms with Crippen LogP contribution in [0.15, 0.2) is 36.5 Å². The molecule has 0 unspecified atom stereocenters. The van der Waals surface area contributed by atoms with Crippen LogP contribution in [0, 0.1) is 0 Å². The van der Waals surface area contributed by atoms with E-state index >= 15 is 0 Å². The number of rotatable bonds is 4. The topological polar surface area (TPSA) is 88.5 Å². The molecule has 2 N–H and O–H groups in total. The molecular formula is C14H10Cl2N2O4. The highest BCUT2D eigenvalue weighted by atomic mass is 35.5. The quantitative estimate of drug-likeness (QED) is 0.825. The van der Waals surface area contributed by atoms with E-state index in [-0.39, 0.29) is 28.0 Å². The second-order valence-electron chi connectivity index (χ2n) is 4.14. The first kappa shape index (κ1) is 16.1. The molecule has 1 amide bonds. The van der Waals surface area contributed by atoms with Crippen LogP contribution in [0.3, 0.4) is 0 Å². The average Bonchev–Trinajstić information content (AvgIpc) is 2.50. The first-order valence-corrected chi connectivity index (χ1v) is 6.79. The fourth-order valence-corrected chi connectivity index (χ4v) is 2.01. The van der Waals surface area contributed by atoms with E-state index in [0.29, 0.717) is 0 Å². The van der Waals surface area contributed by atoms with E-state index in [4.69, 9.17) is 33.0 Å². The van der Waals surface area contributed by atoms with Crippen molar-refractivity contribution in [1.29, 1.82) is 0 Å². The van der Waals surface area contributed by atoms with Gasteiger partial charge in [0.15, 0.2) is 0 Å². The Kier molecular flexibility index (Phi) is 5.19. The van der Waals surface area contributed by atoms with E-state index in [1.54, 1.807) is 12.1 Å². The van der Waals surface area contributed by atoms with Crippen LogP contribution in [-0.2, 0) is 11.3 Å². The minimum Gasteiger partial charge on any atom is -0.478 e. The third-order valence-corrected chi connectivity index (χ3v) is 3.39. The molecule has 114 valence electrons. The number of hydrogen-bond donors (Lipinski definition) is 2. The number of nitrogens with one attached hydrogen (secondary N) is 1. The molecule has 0 atom stereocenters. The van der Waals surface area contributed by atoms with E-state index in [1.165, 1.54) is 0 Å². The molecule has 0 radical (unpaired) electrons. The SMILES string of the molecule is O=C(Nc1cnc(Cl)c(Cl)c1C(=O)O)OCc1ccccc1. The number of carboxylic acids is 1. The summed E-state index contributed by atoms with van der Waals surface area (Å²) in [6.07, 6.45) is 0.271. The summed E-state index contributed by atoms with van der Waals surface area (Å²) in [7, 11) is 0. The first-order chi connectivity index (χ1) is 10.5. The van der Waals surface area contributed by atoms with Crippen LogP contribution in [0.25, 0.3) is 0 Å². The van der Waals surface area contributed by atoms with Gasteiger partial charge in [-0.3, -0.25) is 5.32 Å². The fourth-order valence-electron chi connectivity index (χ4n) is 1.64. The number of nitrogens with zero attached hydrogens (tertiary/aromatic N) is 1. The molecule has 1 heterocycles. The predicted molar refractivity (Wildman–Crippen MR) is 81.5 cm³/mol. The van der Waals surface area contributed by atoms with Gasteiger partial charge in [0.05, 0.1) is 16.9 Å². The van der Waals surface area contributed by atoms with Gasteiger partial charge in [-0.2, -0.15) is 0 Å². The fraction of sp³-hybridized carbons (Fsp3) is 0.0714. The molecule has 6 nitrogen and oxygen atoms in total.